The maximum absolute atomic E-state index is 11.8. The molecule has 0 aliphatic rings. The van der Waals surface area contributed by atoms with Crippen LogP contribution in [0.1, 0.15) is 16.8 Å². The fourth-order valence-corrected chi connectivity index (χ4v) is 1.39. The third kappa shape index (κ3) is 3.91. The largest absolute Gasteiger partial charge is 0.480 e. The van der Waals surface area contributed by atoms with Gasteiger partial charge in [-0.05, 0) is 12.5 Å². The van der Waals surface area contributed by atoms with E-state index in [0.29, 0.717) is 0 Å². The molecule has 0 aliphatic heterocycles. The number of nitrogens with zero attached hydrogens (tertiary/aromatic N) is 1. The Bertz CT molecular complexity index is 527. The number of carbonyl (C=O) groups is 2. The number of rotatable bonds is 6. The van der Waals surface area contributed by atoms with Crippen molar-refractivity contribution in [1.29, 1.82) is 0 Å². The first kappa shape index (κ1) is 14.4. The molecule has 0 aromatic heterocycles. The number of amides is 1. The zero-order chi connectivity index (χ0) is 14.4. The van der Waals surface area contributed by atoms with E-state index >= 15 is 0 Å². The van der Waals surface area contributed by atoms with Crippen molar-refractivity contribution in [2.24, 2.45) is 0 Å². The maximum atomic E-state index is 11.8. The molecule has 0 spiro atoms. The summed E-state index contributed by atoms with van der Waals surface area (Å²) in [6, 6.07) is 3.95. The lowest BCUT2D eigenvalue weighted by molar-refractivity contribution is -0.384. The third-order valence-electron chi connectivity index (χ3n) is 2.32. The van der Waals surface area contributed by atoms with Crippen LogP contribution in [0.3, 0.4) is 0 Å². The Balaban J connectivity index is 2.88. The first-order valence-electron chi connectivity index (χ1n) is 5.34. The second kappa shape index (κ2) is 6.29. The summed E-state index contributed by atoms with van der Waals surface area (Å²) in [5, 5.41) is 21.7. The van der Waals surface area contributed by atoms with Crippen LogP contribution in [0.4, 0.5) is 5.69 Å². The number of benzene rings is 1. The third-order valence-corrected chi connectivity index (χ3v) is 2.32. The Morgan fingerprint density at radius 3 is 2.74 bits per heavy atom. The highest BCUT2D eigenvalue weighted by Gasteiger charge is 2.20. The fraction of sp³-hybridized carbons (Fsp3) is 0.167. The molecule has 19 heavy (non-hydrogen) atoms. The quantitative estimate of drug-likeness (QED) is 0.458. The summed E-state index contributed by atoms with van der Waals surface area (Å²) < 4.78 is 0. The van der Waals surface area contributed by atoms with Crippen LogP contribution in [0.25, 0.3) is 0 Å². The van der Waals surface area contributed by atoms with Gasteiger partial charge in [0.05, 0.1) is 4.92 Å². The number of hydrogen-bond donors (Lipinski definition) is 2. The molecule has 1 aromatic carbocycles. The Hall–Kier alpha value is -2.70. The lowest BCUT2D eigenvalue weighted by atomic mass is 10.1. The predicted octanol–water partition coefficient (Wildman–Crippen LogP) is 1.35. The molecule has 7 nitrogen and oxygen atoms in total. The molecular weight excluding hydrogens is 252 g/mol. The average Bonchev–Trinajstić information content (AvgIpc) is 2.38. The Labute approximate surface area is 108 Å². The summed E-state index contributed by atoms with van der Waals surface area (Å²) in [6.45, 7) is 3.40. The summed E-state index contributed by atoms with van der Waals surface area (Å²) in [5.41, 5.74) is -0.201. The summed E-state index contributed by atoms with van der Waals surface area (Å²) >= 11 is 0. The molecule has 0 radical (unpaired) electrons. The van der Waals surface area contributed by atoms with Crippen LogP contribution >= 0.6 is 0 Å². The van der Waals surface area contributed by atoms with Gasteiger partial charge in [0.25, 0.3) is 11.6 Å². The minimum atomic E-state index is -1.20. The number of nitro groups is 1. The van der Waals surface area contributed by atoms with E-state index in [1.165, 1.54) is 24.3 Å². The number of aliphatic carboxylic acids is 1. The Kier molecular flexibility index (Phi) is 4.76. The van der Waals surface area contributed by atoms with Crippen molar-refractivity contribution in [3.05, 3.63) is 52.6 Å². The van der Waals surface area contributed by atoms with Gasteiger partial charge in [-0.2, -0.15) is 0 Å². The molecule has 0 bridgehead atoms. The van der Waals surface area contributed by atoms with Gasteiger partial charge < -0.3 is 10.4 Å². The first-order valence-corrected chi connectivity index (χ1v) is 5.34. The molecule has 0 heterocycles. The van der Waals surface area contributed by atoms with Gasteiger partial charge in [0.2, 0.25) is 0 Å². The van der Waals surface area contributed by atoms with E-state index in [1.807, 2.05) is 0 Å². The van der Waals surface area contributed by atoms with Gasteiger partial charge in [0, 0.05) is 17.7 Å². The predicted molar refractivity (Wildman–Crippen MR) is 66.8 cm³/mol. The smallest absolute Gasteiger partial charge is 0.326 e. The van der Waals surface area contributed by atoms with Gasteiger partial charge in [-0.1, -0.05) is 12.1 Å². The lowest BCUT2D eigenvalue weighted by Gasteiger charge is -2.12. The Morgan fingerprint density at radius 2 is 2.21 bits per heavy atom. The van der Waals surface area contributed by atoms with Crippen LogP contribution < -0.4 is 5.32 Å². The molecule has 0 fully saturated rings. The van der Waals surface area contributed by atoms with Gasteiger partial charge in [-0.15, -0.1) is 6.58 Å². The first-order chi connectivity index (χ1) is 8.95. The number of non-ortho nitro benzene ring substituents is 1. The SMILES string of the molecule is C=CC[C@@H](NC(=O)c1cccc([N+](=O)[O-])c1)C(=O)O. The molecule has 0 saturated carbocycles. The number of nitrogens with one attached hydrogen (secondary N) is 1. The Morgan fingerprint density at radius 1 is 1.53 bits per heavy atom. The molecular formula is C12H12N2O5. The topological polar surface area (TPSA) is 110 Å². The van der Waals surface area contributed by atoms with Gasteiger partial charge in [0.15, 0.2) is 0 Å². The van der Waals surface area contributed by atoms with Gasteiger partial charge >= 0.3 is 5.97 Å². The molecule has 1 amide bonds. The van der Waals surface area contributed by atoms with Crippen LogP contribution in [-0.4, -0.2) is 27.9 Å². The van der Waals surface area contributed by atoms with Crippen molar-refractivity contribution >= 4 is 17.6 Å². The van der Waals surface area contributed by atoms with Crippen LogP contribution in [0.2, 0.25) is 0 Å². The van der Waals surface area contributed by atoms with Crippen molar-refractivity contribution in [3.8, 4) is 0 Å². The fourth-order valence-electron chi connectivity index (χ4n) is 1.39. The summed E-state index contributed by atoms with van der Waals surface area (Å²) in [5.74, 6) is -1.88. The number of carboxylic acid groups (broad SMARTS) is 1. The zero-order valence-corrected chi connectivity index (χ0v) is 9.91. The second-order valence-electron chi connectivity index (χ2n) is 3.70. The van der Waals surface area contributed by atoms with E-state index in [4.69, 9.17) is 5.11 Å². The van der Waals surface area contributed by atoms with Gasteiger partial charge in [0.1, 0.15) is 6.04 Å². The van der Waals surface area contributed by atoms with Crippen molar-refractivity contribution in [2.75, 3.05) is 0 Å². The van der Waals surface area contributed by atoms with Crippen LogP contribution in [0.5, 0.6) is 0 Å². The average molecular weight is 264 g/mol. The molecule has 1 aromatic rings. The van der Waals surface area contributed by atoms with Crippen molar-refractivity contribution in [1.82, 2.24) is 5.32 Å². The van der Waals surface area contributed by atoms with Crippen molar-refractivity contribution in [3.63, 3.8) is 0 Å². The van der Waals surface area contributed by atoms with E-state index in [0.717, 1.165) is 6.07 Å². The molecule has 7 heteroatoms. The second-order valence-corrected chi connectivity index (χ2v) is 3.70. The van der Waals surface area contributed by atoms with Crippen LogP contribution in [0, 0.1) is 10.1 Å². The summed E-state index contributed by atoms with van der Waals surface area (Å²) in [4.78, 5) is 32.6. The molecule has 1 atom stereocenters. The number of carboxylic acids is 1. The highest BCUT2D eigenvalue weighted by Crippen LogP contribution is 2.13. The molecule has 1 rings (SSSR count). The molecule has 2 N–H and O–H groups in total. The van der Waals surface area contributed by atoms with E-state index in [9.17, 15) is 19.7 Å². The van der Waals surface area contributed by atoms with E-state index in [2.05, 4.69) is 11.9 Å². The highest BCUT2D eigenvalue weighted by atomic mass is 16.6. The van der Waals surface area contributed by atoms with E-state index in [1.54, 1.807) is 0 Å². The minimum Gasteiger partial charge on any atom is -0.480 e. The number of nitro benzene ring substituents is 1. The van der Waals surface area contributed by atoms with E-state index in [-0.39, 0.29) is 17.7 Å². The van der Waals surface area contributed by atoms with Crippen LogP contribution in [0.15, 0.2) is 36.9 Å². The molecule has 0 saturated heterocycles. The maximum Gasteiger partial charge on any atom is 0.326 e. The summed E-state index contributed by atoms with van der Waals surface area (Å²) in [6.07, 6.45) is 1.43. The van der Waals surface area contributed by atoms with Crippen LogP contribution in [-0.2, 0) is 4.79 Å². The number of hydrogen-bond acceptors (Lipinski definition) is 4. The lowest BCUT2D eigenvalue weighted by Crippen LogP contribution is -2.40. The van der Waals surface area contributed by atoms with E-state index < -0.39 is 22.8 Å². The molecule has 0 aliphatic carbocycles. The highest BCUT2D eigenvalue weighted by molar-refractivity contribution is 5.97. The standard InChI is InChI=1S/C12H12N2O5/c1-2-4-10(12(16)17)13-11(15)8-5-3-6-9(7-8)14(18)19/h2-3,5-7,10H,1,4H2,(H,13,15)(H,16,17)/t10-/m1/s1. The number of carbonyl (C=O) groups excluding carboxylic acids is 1. The minimum absolute atomic E-state index is 0.0320. The summed E-state index contributed by atoms with van der Waals surface area (Å²) in [7, 11) is 0. The van der Waals surface area contributed by atoms with Crippen molar-refractivity contribution in [2.45, 2.75) is 12.5 Å². The van der Waals surface area contributed by atoms with Crippen molar-refractivity contribution < 1.29 is 19.6 Å². The molecule has 0 unspecified atom stereocenters. The normalized spacial score (nSPS) is 11.4. The van der Waals surface area contributed by atoms with Gasteiger partial charge in [-0.25, -0.2) is 4.79 Å². The monoisotopic (exact) mass is 264 g/mol. The zero-order valence-electron chi connectivity index (χ0n) is 9.91. The molecule has 100 valence electrons. The van der Waals surface area contributed by atoms with Gasteiger partial charge in [-0.3, -0.25) is 14.9 Å².